The van der Waals surface area contributed by atoms with Crippen molar-refractivity contribution >= 4 is 29.1 Å². The van der Waals surface area contributed by atoms with Crippen molar-refractivity contribution in [3.8, 4) is 0 Å². The molecule has 1 aromatic carbocycles. The summed E-state index contributed by atoms with van der Waals surface area (Å²) in [5, 5.41) is 0.470. The van der Waals surface area contributed by atoms with Crippen LogP contribution in [-0.2, 0) is 14.3 Å². The number of fused-ring (bicyclic) bond motifs is 2. The first-order valence-electron chi connectivity index (χ1n) is 8.49. The summed E-state index contributed by atoms with van der Waals surface area (Å²) < 4.78 is 5.40. The molecule has 0 saturated heterocycles. The molecule has 1 aromatic rings. The van der Waals surface area contributed by atoms with E-state index >= 15 is 0 Å². The van der Waals surface area contributed by atoms with Gasteiger partial charge in [0.05, 0.1) is 5.92 Å². The summed E-state index contributed by atoms with van der Waals surface area (Å²) in [6, 6.07) is 6.60. The molecule has 4 nitrogen and oxygen atoms in total. The van der Waals surface area contributed by atoms with Crippen molar-refractivity contribution in [1.82, 2.24) is 0 Å². The zero-order valence-electron chi connectivity index (χ0n) is 13.7. The molecule has 0 heterocycles. The van der Waals surface area contributed by atoms with E-state index in [2.05, 4.69) is 0 Å². The van der Waals surface area contributed by atoms with E-state index in [0.717, 1.165) is 19.3 Å². The van der Waals surface area contributed by atoms with Crippen LogP contribution in [0.15, 0.2) is 24.3 Å². The van der Waals surface area contributed by atoms with Gasteiger partial charge in [0.2, 0.25) is 5.78 Å². The maximum Gasteiger partial charge on any atom is 0.309 e. The molecule has 3 rings (SSSR count). The SMILES string of the molecule is CC(OC(=O)C1CC2CCCC(C1)C2=O)C(=O)c1cccc(Cl)c1. The van der Waals surface area contributed by atoms with Gasteiger partial charge in [-0.2, -0.15) is 0 Å². The standard InChI is InChI=1S/C19H21ClO4/c1-11(17(21)14-6-3-7-16(20)10-14)24-19(23)15-8-12-4-2-5-13(9-15)18(12)22/h3,6-7,10-13,15H,2,4-5,8-9H2,1H3. The van der Waals surface area contributed by atoms with E-state index in [1.165, 1.54) is 0 Å². The third-order valence-electron chi connectivity index (χ3n) is 5.15. The molecule has 2 saturated carbocycles. The van der Waals surface area contributed by atoms with Gasteiger partial charge in [-0.3, -0.25) is 14.4 Å². The Morgan fingerprint density at radius 3 is 2.50 bits per heavy atom. The number of halogens is 1. The predicted octanol–water partition coefficient (Wildman–Crippen LogP) is 3.85. The van der Waals surface area contributed by atoms with Crippen molar-refractivity contribution in [3.63, 3.8) is 0 Å². The van der Waals surface area contributed by atoms with Crippen LogP contribution < -0.4 is 0 Å². The molecule has 128 valence electrons. The Kier molecular flexibility index (Phi) is 5.04. The smallest absolute Gasteiger partial charge is 0.309 e. The lowest BCUT2D eigenvalue weighted by atomic mass is 9.67. The van der Waals surface area contributed by atoms with Crippen molar-refractivity contribution in [2.24, 2.45) is 17.8 Å². The van der Waals surface area contributed by atoms with Gasteiger partial charge in [-0.05, 0) is 44.7 Å². The first-order valence-corrected chi connectivity index (χ1v) is 8.87. The minimum absolute atomic E-state index is 0.00557. The van der Waals surface area contributed by atoms with Crippen molar-refractivity contribution in [2.75, 3.05) is 0 Å². The Bertz CT molecular complexity index is 653. The van der Waals surface area contributed by atoms with Gasteiger partial charge in [0.1, 0.15) is 5.78 Å². The number of hydrogen-bond acceptors (Lipinski definition) is 4. The Morgan fingerprint density at radius 2 is 1.88 bits per heavy atom. The van der Waals surface area contributed by atoms with Gasteiger partial charge in [-0.1, -0.05) is 30.2 Å². The van der Waals surface area contributed by atoms with Crippen LogP contribution >= 0.6 is 11.6 Å². The van der Waals surface area contributed by atoms with Gasteiger partial charge < -0.3 is 4.74 Å². The van der Waals surface area contributed by atoms with Crippen LogP contribution in [0.1, 0.15) is 49.4 Å². The van der Waals surface area contributed by atoms with Crippen molar-refractivity contribution in [1.29, 1.82) is 0 Å². The van der Waals surface area contributed by atoms with Gasteiger partial charge in [-0.25, -0.2) is 0 Å². The Labute approximate surface area is 146 Å². The topological polar surface area (TPSA) is 60.4 Å². The van der Waals surface area contributed by atoms with Crippen LogP contribution in [0.4, 0.5) is 0 Å². The summed E-state index contributed by atoms with van der Waals surface area (Å²) in [5.74, 6) is -0.593. The number of carbonyl (C=O) groups is 3. The van der Waals surface area contributed by atoms with E-state index in [9.17, 15) is 14.4 Å². The Morgan fingerprint density at radius 1 is 1.21 bits per heavy atom. The fraction of sp³-hybridized carbons (Fsp3) is 0.526. The van der Waals surface area contributed by atoms with Crippen molar-refractivity contribution in [2.45, 2.75) is 45.1 Å². The summed E-state index contributed by atoms with van der Waals surface area (Å²) in [6.45, 7) is 1.58. The highest BCUT2D eigenvalue weighted by molar-refractivity contribution is 6.31. The predicted molar refractivity (Wildman–Crippen MR) is 89.9 cm³/mol. The molecule has 0 aromatic heterocycles. The monoisotopic (exact) mass is 348 g/mol. The lowest BCUT2D eigenvalue weighted by Gasteiger charge is -2.36. The fourth-order valence-electron chi connectivity index (χ4n) is 3.87. The zero-order valence-corrected chi connectivity index (χ0v) is 14.4. The van der Waals surface area contributed by atoms with Gasteiger partial charge in [0, 0.05) is 22.4 Å². The largest absolute Gasteiger partial charge is 0.454 e. The number of Topliss-reactive ketones (excluding diaryl/α,β-unsaturated/α-hetero) is 2. The second-order valence-corrected chi connectivity index (χ2v) is 7.29. The van der Waals surface area contributed by atoms with E-state index in [-0.39, 0.29) is 29.5 Å². The van der Waals surface area contributed by atoms with Gasteiger partial charge in [0.25, 0.3) is 0 Å². The lowest BCUT2D eigenvalue weighted by molar-refractivity contribution is -0.155. The normalized spacial score (nSPS) is 27.4. The molecule has 0 amide bonds. The minimum atomic E-state index is -0.853. The first-order chi connectivity index (χ1) is 11.5. The third-order valence-corrected chi connectivity index (χ3v) is 5.39. The molecular formula is C19H21ClO4. The molecule has 24 heavy (non-hydrogen) atoms. The summed E-state index contributed by atoms with van der Waals surface area (Å²) in [4.78, 5) is 36.9. The van der Waals surface area contributed by atoms with Crippen molar-refractivity contribution < 1.29 is 19.1 Å². The maximum absolute atomic E-state index is 12.4. The number of ketones is 2. The number of ether oxygens (including phenoxy) is 1. The van der Waals surface area contributed by atoms with E-state index in [4.69, 9.17) is 16.3 Å². The Hall–Kier alpha value is -1.68. The molecule has 2 fully saturated rings. The van der Waals surface area contributed by atoms with Crippen LogP contribution in [0.2, 0.25) is 5.02 Å². The number of esters is 1. The van der Waals surface area contributed by atoms with Gasteiger partial charge >= 0.3 is 5.97 Å². The average Bonchev–Trinajstić information content (AvgIpc) is 2.53. The molecule has 0 spiro atoms. The molecule has 2 bridgehead atoms. The molecule has 3 unspecified atom stereocenters. The van der Waals surface area contributed by atoms with Crippen LogP contribution in [0, 0.1) is 17.8 Å². The number of benzene rings is 1. The summed E-state index contributed by atoms with van der Waals surface area (Å²) in [5.41, 5.74) is 0.429. The van der Waals surface area contributed by atoms with E-state index < -0.39 is 6.10 Å². The molecule has 0 aliphatic heterocycles. The molecule has 2 aliphatic rings. The first kappa shape index (κ1) is 17.2. The highest BCUT2D eigenvalue weighted by atomic mass is 35.5. The maximum atomic E-state index is 12.4. The summed E-state index contributed by atoms with van der Waals surface area (Å²) in [7, 11) is 0. The molecule has 0 N–H and O–H groups in total. The van der Waals surface area contributed by atoms with Crippen LogP contribution in [-0.4, -0.2) is 23.6 Å². The average molecular weight is 349 g/mol. The highest BCUT2D eigenvalue weighted by Crippen LogP contribution is 2.40. The van der Waals surface area contributed by atoms with Crippen molar-refractivity contribution in [3.05, 3.63) is 34.9 Å². The quantitative estimate of drug-likeness (QED) is 0.612. The molecule has 0 radical (unpaired) electrons. The fourth-order valence-corrected chi connectivity index (χ4v) is 4.06. The molecule has 3 atom stereocenters. The van der Waals surface area contributed by atoms with E-state index in [1.807, 2.05) is 0 Å². The van der Waals surface area contributed by atoms with Crippen LogP contribution in [0.3, 0.4) is 0 Å². The van der Waals surface area contributed by atoms with Crippen LogP contribution in [0.5, 0.6) is 0 Å². The van der Waals surface area contributed by atoms with Crippen LogP contribution in [0.25, 0.3) is 0 Å². The number of hydrogen-bond donors (Lipinski definition) is 0. The van der Waals surface area contributed by atoms with Gasteiger partial charge in [-0.15, -0.1) is 0 Å². The highest BCUT2D eigenvalue weighted by Gasteiger charge is 2.42. The number of rotatable bonds is 4. The zero-order chi connectivity index (χ0) is 17.3. The molecule has 2 aliphatic carbocycles. The summed E-state index contributed by atoms with van der Waals surface area (Å²) in [6.07, 6.45) is 3.07. The third kappa shape index (κ3) is 3.54. The van der Waals surface area contributed by atoms with E-state index in [0.29, 0.717) is 29.2 Å². The second-order valence-electron chi connectivity index (χ2n) is 6.85. The summed E-state index contributed by atoms with van der Waals surface area (Å²) >= 11 is 5.90. The molecule has 5 heteroatoms. The lowest BCUT2D eigenvalue weighted by Crippen LogP contribution is -2.40. The van der Waals surface area contributed by atoms with Gasteiger partial charge in [0.15, 0.2) is 6.10 Å². The molecular weight excluding hydrogens is 328 g/mol. The Balaban J connectivity index is 1.62. The number of carbonyl (C=O) groups excluding carboxylic acids is 3. The second kappa shape index (κ2) is 7.06. The van der Waals surface area contributed by atoms with E-state index in [1.54, 1.807) is 31.2 Å². The minimum Gasteiger partial charge on any atom is -0.454 e.